The molecule has 110 valence electrons. The molecule has 0 aromatic heterocycles. The molecule has 1 saturated heterocycles. The van der Waals surface area contributed by atoms with E-state index in [0.717, 1.165) is 32.5 Å². The van der Waals surface area contributed by atoms with Crippen LogP contribution in [-0.2, 0) is 16.1 Å². The monoisotopic (exact) mass is 275 g/mol. The van der Waals surface area contributed by atoms with Crippen LogP contribution in [0.5, 0.6) is 0 Å². The Labute approximate surface area is 121 Å². The zero-order valence-electron chi connectivity index (χ0n) is 12.4. The van der Waals surface area contributed by atoms with Crippen molar-refractivity contribution >= 4 is 5.91 Å². The van der Waals surface area contributed by atoms with E-state index in [1.165, 1.54) is 12.0 Å². The molecule has 0 N–H and O–H groups in total. The van der Waals surface area contributed by atoms with E-state index in [4.69, 9.17) is 4.74 Å². The van der Waals surface area contributed by atoms with Gasteiger partial charge >= 0.3 is 0 Å². The summed E-state index contributed by atoms with van der Waals surface area (Å²) in [5.74, 6) is 0.800. The summed E-state index contributed by atoms with van der Waals surface area (Å²) in [7, 11) is 0. The van der Waals surface area contributed by atoms with Crippen LogP contribution in [0.4, 0.5) is 0 Å². The Morgan fingerprint density at radius 2 is 2.15 bits per heavy atom. The quantitative estimate of drug-likeness (QED) is 0.797. The number of amides is 1. The van der Waals surface area contributed by atoms with E-state index in [1.807, 2.05) is 23.1 Å². The smallest absolute Gasteiger partial charge is 0.222 e. The first-order valence-electron chi connectivity index (χ1n) is 7.69. The summed E-state index contributed by atoms with van der Waals surface area (Å²) in [6, 6.07) is 10.2. The van der Waals surface area contributed by atoms with E-state index >= 15 is 0 Å². The fourth-order valence-corrected chi connectivity index (χ4v) is 2.72. The third kappa shape index (κ3) is 4.64. The van der Waals surface area contributed by atoms with Gasteiger partial charge in [0.15, 0.2) is 0 Å². The molecule has 1 atom stereocenters. The molecule has 1 aliphatic heterocycles. The van der Waals surface area contributed by atoms with E-state index in [9.17, 15) is 4.79 Å². The van der Waals surface area contributed by atoms with Crippen molar-refractivity contribution in [1.82, 2.24) is 4.90 Å². The molecule has 1 heterocycles. The van der Waals surface area contributed by atoms with Crippen molar-refractivity contribution in [3.63, 3.8) is 0 Å². The van der Waals surface area contributed by atoms with Crippen molar-refractivity contribution < 1.29 is 9.53 Å². The van der Waals surface area contributed by atoms with Crippen LogP contribution in [-0.4, -0.2) is 30.5 Å². The van der Waals surface area contributed by atoms with Gasteiger partial charge in [0.05, 0.1) is 13.2 Å². The van der Waals surface area contributed by atoms with Gasteiger partial charge in [-0.15, -0.1) is 0 Å². The van der Waals surface area contributed by atoms with Crippen molar-refractivity contribution in [2.24, 2.45) is 5.92 Å². The SMILES string of the molecule is CCCC(=O)N1CCCC(COCc2ccccc2)C1. The highest BCUT2D eigenvalue weighted by Crippen LogP contribution is 2.18. The van der Waals surface area contributed by atoms with Crippen LogP contribution in [0.25, 0.3) is 0 Å². The molecule has 1 unspecified atom stereocenters. The molecule has 1 amide bonds. The van der Waals surface area contributed by atoms with Crippen LogP contribution in [0.1, 0.15) is 38.2 Å². The first-order valence-corrected chi connectivity index (χ1v) is 7.69. The Balaban J connectivity index is 1.71. The summed E-state index contributed by atoms with van der Waals surface area (Å²) in [5.41, 5.74) is 1.21. The Hall–Kier alpha value is -1.35. The number of ether oxygens (including phenoxy) is 1. The van der Waals surface area contributed by atoms with E-state index < -0.39 is 0 Å². The highest BCUT2D eigenvalue weighted by molar-refractivity contribution is 5.76. The lowest BCUT2D eigenvalue weighted by Crippen LogP contribution is -2.41. The molecule has 0 saturated carbocycles. The Morgan fingerprint density at radius 1 is 1.35 bits per heavy atom. The van der Waals surface area contributed by atoms with E-state index in [0.29, 0.717) is 24.9 Å². The van der Waals surface area contributed by atoms with Gasteiger partial charge in [0.1, 0.15) is 0 Å². The maximum Gasteiger partial charge on any atom is 0.222 e. The zero-order valence-corrected chi connectivity index (χ0v) is 12.4. The molecule has 0 aliphatic carbocycles. The summed E-state index contributed by atoms with van der Waals surface area (Å²) >= 11 is 0. The number of carbonyl (C=O) groups excluding carboxylic acids is 1. The first kappa shape index (κ1) is 15.0. The molecule has 3 heteroatoms. The fourth-order valence-electron chi connectivity index (χ4n) is 2.72. The fraction of sp³-hybridized carbons (Fsp3) is 0.588. The third-order valence-electron chi connectivity index (χ3n) is 3.80. The van der Waals surface area contributed by atoms with E-state index in [2.05, 4.69) is 19.1 Å². The highest BCUT2D eigenvalue weighted by atomic mass is 16.5. The Morgan fingerprint density at radius 3 is 2.90 bits per heavy atom. The second-order valence-corrected chi connectivity index (χ2v) is 5.60. The van der Waals surface area contributed by atoms with Gasteiger partial charge in [0, 0.05) is 19.5 Å². The number of likely N-dealkylation sites (tertiary alicyclic amines) is 1. The predicted molar refractivity (Wildman–Crippen MR) is 80.3 cm³/mol. The lowest BCUT2D eigenvalue weighted by Gasteiger charge is -2.32. The maximum absolute atomic E-state index is 11.9. The minimum atomic E-state index is 0.306. The second-order valence-electron chi connectivity index (χ2n) is 5.60. The molecule has 3 nitrogen and oxygen atoms in total. The van der Waals surface area contributed by atoms with Crippen LogP contribution in [0.2, 0.25) is 0 Å². The Kier molecular flexibility index (Phi) is 6.06. The lowest BCUT2D eigenvalue weighted by atomic mass is 9.98. The zero-order chi connectivity index (χ0) is 14.2. The van der Waals surface area contributed by atoms with Crippen molar-refractivity contribution in [3.8, 4) is 0 Å². The van der Waals surface area contributed by atoms with Gasteiger partial charge in [-0.25, -0.2) is 0 Å². The molecular formula is C17H25NO2. The maximum atomic E-state index is 11.9. The number of hydrogen-bond donors (Lipinski definition) is 0. The highest BCUT2D eigenvalue weighted by Gasteiger charge is 2.23. The molecule has 0 radical (unpaired) electrons. The molecule has 1 aromatic rings. The molecule has 2 rings (SSSR count). The average Bonchev–Trinajstić information content (AvgIpc) is 2.49. The summed E-state index contributed by atoms with van der Waals surface area (Å²) in [5, 5.41) is 0. The number of hydrogen-bond acceptors (Lipinski definition) is 2. The van der Waals surface area contributed by atoms with Gasteiger partial charge in [-0.2, -0.15) is 0 Å². The van der Waals surface area contributed by atoms with Gasteiger partial charge in [-0.3, -0.25) is 4.79 Å². The molecule has 1 aromatic carbocycles. The molecule has 0 bridgehead atoms. The van der Waals surface area contributed by atoms with Gasteiger partial charge < -0.3 is 9.64 Å². The van der Waals surface area contributed by atoms with Crippen LogP contribution in [0, 0.1) is 5.92 Å². The van der Waals surface area contributed by atoms with Gasteiger partial charge in [0.25, 0.3) is 0 Å². The lowest BCUT2D eigenvalue weighted by molar-refractivity contribution is -0.133. The normalized spacial score (nSPS) is 19.1. The van der Waals surface area contributed by atoms with Crippen molar-refractivity contribution in [3.05, 3.63) is 35.9 Å². The topological polar surface area (TPSA) is 29.5 Å². The average molecular weight is 275 g/mol. The summed E-state index contributed by atoms with van der Waals surface area (Å²) < 4.78 is 5.81. The first-order chi connectivity index (χ1) is 9.79. The van der Waals surface area contributed by atoms with Crippen LogP contribution in [0.15, 0.2) is 30.3 Å². The number of nitrogens with zero attached hydrogens (tertiary/aromatic N) is 1. The molecule has 0 spiro atoms. The third-order valence-corrected chi connectivity index (χ3v) is 3.80. The van der Waals surface area contributed by atoms with Crippen molar-refractivity contribution in [2.75, 3.05) is 19.7 Å². The summed E-state index contributed by atoms with van der Waals surface area (Å²) in [6.45, 7) is 5.27. The summed E-state index contributed by atoms with van der Waals surface area (Å²) in [6.07, 6.45) is 3.89. The summed E-state index contributed by atoms with van der Waals surface area (Å²) in [4.78, 5) is 13.9. The number of benzene rings is 1. The van der Waals surface area contributed by atoms with Crippen LogP contribution >= 0.6 is 0 Å². The second kappa shape index (κ2) is 8.05. The molecule has 20 heavy (non-hydrogen) atoms. The van der Waals surface area contributed by atoms with Crippen molar-refractivity contribution in [2.45, 2.75) is 39.2 Å². The van der Waals surface area contributed by atoms with Gasteiger partial charge in [-0.05, 0) is 30.7 Å². The van der Waals surface area contributed by atoms with E-state index in [1.54, 1.807) is 0 Å². The number of rotatable bonds is 6. The van der Waals surface area contributed by atoms with E-state index in [-0.39, 0.29) is 0 Å². The van der Waals surface area contributed by atoms with Gasteiger partial charge in [-0.1, -0.05) is 37.3 Å². The molecule has 1 fully saturated rings. The standard InChI is InChI=1S/C17H25NO2/c1-2-7-17(19)18-11-6-10-16(12-18)14-20-13-15-8-4-3-5-9-15/h3-5,8-9,16H,2,6-7,10-14H2,1H3. The van der Waals surface area contributed by atoms with Crippen LogP contribution in [0.3, 0.4) is 0 Å². The minimum absolute atomic E-state index is 0.306. The minimum Gasteiger partial charge on any atom is -0.376 e. The Bertz CT molecular complexity index is 405. The largest absolute Gasteiger partial charge is 0.376 e. The van der Waals surface area contributed by atoms with Crippen LogP contribution < -0.4 is 0 Å². The molecular weight excluding hydrogens is 250 g/mol. The predicted octanol–water partition coefficient (Wildman–Crippen LogP) is 3.24. The molecule has 1 aliphatic rings. The van der Waals surface area contributed by atoms with Gasteiger partial charge in [0.2, 0.25) is 5.91 Å². The number of piperidine rings is 1. The van der Waals surface area contributed by atoms with Crippen molar-refractivity contribution in [1.29, 1.82) is 0 Å². The number of carbonyl (C=O) groups is 1.